The molecule has 72 valence electrons. The fourth-order valence-electron chi connectivity index (χ4n) is 1.35. The monoisotopic (exact) mass is 190 g/mol. The number of hydrogen-bond donors (Lipinski definition) is 0. The molecule has 5 heteroatoms. The van der Waals surface area contributed by atoms with Gasteiger partial charge in [-0.2, -0.15) is 10.1 Å². The highest BCUT2D eigenvalue weighted by atomic mass is 16.1. The van der Waals surface area contributed by atoms with E-state index in [-0.39, 0.29) is 5.78 Å². The lowest BCUT2D eigenvalue weighted by Crippen LogP contribution is -2.03. The Kier molecular flexibility index (Phi) is 1.80. The van der Waals surface area contributed by atoms with Crippen molar-refractivity contribution in [2.45, 2.75) is 20.8 Å². The van der Waals surface area contributed by atoms with Gasteiger partial charge in [0.15, 0.2) is 5.78 Å². The number of hydrogen-bond acceptors (Lipinski definition) is 4. The van der Waals surface area contributed by atoms with E-state index in [0.29, 0.717) is 22.9 Å². The lowest BCUT2D eigenvalue weighted by molar-refractivity contribution is 0.101. The van der Waals surface area contributed by atoms with Crippen LogP contribution in [0.4, 0.5) is 0 Å². The van der Waals surface area contributed by atoms with Gasteiger partial charge in [-0.05, 0) is 20.8 Å². The van der Waals surface area contributed by atoms with Gasteiger partial charge < -0.3 is 0 Å². The van der Waals surface area contributed by atoms with Crippen molar-refractivity contribution < 1.29 is 4.79 Å². The van der Waals surface area contributed by atoms with Crippen LogP contribution in [0.25, 0.3) is 5.78 Å². The van der Waals surface area contributed by atoms with Gasteiger partial charge in [0.25, 0.3) is 5.78 Å². The minimum absolute atomic E-state index is 0.00921. The minimum atomic E-state index is -0.00921. The maximum Gasteiger partial charge on any atom is 0.252 e. The molecule has 0 fully saturated rings. The molecule has 0 amide bonds. The van der Waals surface area contributed by atoms with Crippen LogP contribution in [0, 0.1) is 13.8 Å². The zero-order valence-electron chi connectivity index (χ0n) is 8.27. The van der Waals surface area contributed by atoms with E-state index in [0.717, 1.165) is 0 Å². The summed E-state index contributed by atoms with van der Waals surface area (Å²) in [6, 6.07) is 0. The summed E-state index contributed by atoms with van der Waals surface area (Å²) in [5, 5.41) is 4.09. The molecule has 0 atom stereocenters. The summed E-state index contributed by atoms with van der Waals surface area (Å²) in [7, 11) is 0. The van der Waals surface area contributed by atoms with Crippen LogP contribution in [0.1, 0.15) is 28.8 Å². The maximum atomic E-state index is 11.2. The standard InChI is InChI=1S/C9H10N4O/c1-5-8(6(2)14)4-13-9(10-5)11-7(3)12-13/h4H,1-3H3. The second kappa shape index (κ2) is 2.87. The molecule has 2 heterocycles. The molecular weight excluding hydrogens is 180 g/mol. The average Bonchev–Trinajstić information content (AvgIpc) is 2.42. The van der Waals surface area contributed by atoms with Crippen LogP contribution in [0.2, 0.25) is 0 Å². The highest BCUT2D eigenvalue weighted by Gasteiger charge is 2.09. The second-order valence-corrected chi connectivity index (χ2v) is 3.20. The van der Waals surface area contributed by atoms with Crippen LogP contribution in [-0.2, 0) is 0 Å². The van der Waals surface area contributed by atoms with Crippen molar-refractivity contribution in [3.05, 3.63) is 23.3 Å². The number of fused-ring (bicyclic) bond motifs is 1. The van der Waals surface area contributed by atoms with Gasteiger partial charge in [-0.15, -0.1) is 0 Å². The summed E-state index contributed by atoms with van der Waals surface area (Å²) >= 11 is 0. The van der Waals surface area contributed by atoms with Crippen molar-refractivity contribution >= 4 is 11.6 Å². The predicted molar refractivity (Wildman–Crippen MR) is 50.3 cm³/mol. The average molecular weight is 190 g/mol. The molecule has 0 aliphatic heterocycles. The number of nitrogens with zero attached hydrogens (tertiary/aromatic N) is 4. The SMILES string of the molecule is CC(=O)c1cn2nc(C)nc2nc1C. The fourth-order valence-corrected chi connectivity index (χ4v) is 1.35. The minimum Gasteiger partial charge on any atom is -0.294 e. The molecule has 0 saturated heterocycles. The van der Waals surface area contributed by atoms with Gasteiger partial charge in [0.2, 0.25) is 0 Å². The van der Waals surface area contributed by atoms with Gasteiger partial charge >= 0.3 is 0 Å². The van der Waals surface area contributed by atoms with Crippen LogP contribution in [0.3, 0.4) is 0 Å². The third kappa shape index (κ3) is 1.26. The topological polar surface area (TPSA) is 60.2 Å². The molecule has 0 spiro atoms. The van der Waals surface area contributed by atoms with Crippen molar-refractivity contribution in [3.63, 3.8) is 0 Å². The predicted octanol–water partition coefficient (Wildman–Crippen LogP) is 0.944. The third-order valence-electron chi connectivity index (χ3n) is 2.01. The highest BCUT2D eigenvalue weighted by molar-refractivity contribution is 5.94. The lowest BCUT2D eigenvalue weighted by Gasteiger charge is -1.99. The summed E-state index contributed by atoms with van der Waals surface area (Å²) < 4.78 is 1.53. The largest absolute Gasteiger partial charge is 0.294 e. The first kappa shape index (κ1) is 8.80. The second-order valence-electron chi connectivity index (χ2n) is 3.20. The zero-order valence-corrected chi connectivity index (χ0v) is 8.27. The highest BCUT2D eigenvalue weighted by Crippen LogP contribution is 2.07. The Bertz CT molecular complexity index is 515. The molecule has 2 aromatic heterocycles. The molecule has 5 nitrogen and oxygen atoms in total. The summed E-state index contributed by atoms with van der Waals surface area (Å²) in [5.41, 5.74) is 1.28. The Labute approximate surface area is 80.8 Å². The molecule has 0 aromatic carbocycles. The first-order valence-corrected chi connectivity index (χ1v) is 4.29. The van der Waals surface area contributed by atoms with E-state index in [1.54, 1.807) is 20.0 Å². The lowest BCUT2D eigenvalue weighted by atomic mass is 10.2. The third-order valence-corrected chi connectivity index (χ3v) is 2.01. The van der Waals surface area contributed by atoms with Gasteiger partial charge in [-0.25, -0.2) is 9.50 Å². The number of rotatable bonds is 1. The van der Waals surface area contributed by atoms with Crippen LogP contribution in [0.5, 0.6) is 0 Å². The number of carbonyl (C=O) groups is 1. The normalized spacial score (nSPS) is 10.8. The number of aryl methyl sites for hydroxylation is 2. The molecular formula is C9H10N4O. The van der Waals surface area contributed by atoms with E-state index in [1.807, 2.05) is 0 Å². The van der Waals surface area contributed by atoms with Crippen LogP contribution >= 0.6 is 0 Å². The maximum absolute atomic E-state index is 11.2. The van der Waals surface area contributed by atoms with Gasteiger partial charge in [0, 0.05) is 6.20 Å². The molecule has 0 aliphatic carbocycles. The van der Waals surface area contributed by atoms with Gasteiger partial charge in [0.05, 0.1) is 11.3 Å². The van der Waals surface area contributed by atoms with Gasteiger partial charge in [-0.1, -0.05) is 0 Å². The molecule has 0 saturated carbocycles. The molecule has 0 aliphatic rings. The van der Waals surface area contributed by atoms with Gasteiger partial charge in [0.1, 0.15) is 5.82 Å². The van der Waals surface area contributed by atoms with Crippen LogP contribution < -0.4 is 0 Å². The first-order chi connectivity index (χ1) is 6.58. The summed E-state index contributed by atoms with van der Waals surface area (Å²) in [4.78, 5) is 19.5. The fraction of sp³-hybridized carbons (Fsp3) is 0.333. The molecule has 0 unspecified atom stereocenters. The van der Waals surface area contributed by atoms with E-state index < -0.39 is 0 Å². The van der Waals surface area contributed by atoms with Crippen LogP contribution in [0.15, 0.2) is 6.20 Å². The number of ketones is 1. The number of Topliss-reactive ketones (excluding diaryl/α,β-unsaturated/α-hetero) is 1. The quantitative estimate of drug-likeness (QED) is 0.628. The summed E-state index contributed by atoms with van der Waals surface area (Å²) in [6.45, 7) is 5.10. The Hall–Kier alpha value is -1.78. The number of carbonyl (C=O) groups excluding carboxylic acids is 1. The zero-order chi connectivity index (χ0) is 10.3. The van der Waals surface area contributed by atoms with Crippen molar-refractivity contribution in [3.8, 4) is 0 Å². The summed E-state index contributed by atoms with van der Waals surface area (Å²) in [5.74, 6) is 1.17. The number of aromatic nitrogens is 4. The Morgan fingerprint density at radius 3 is 2.71 bits per heavy atom. The van der Waals surface area contributed by atoms with E-state index in [1.165, 1.54) is 11.4 Å². The summed E-state index contributed by atoms with van der Waals surface area (Å²) in [6.07, 6.45) is 1.67. The van der Waals surface area contributed by atoms with E-state index in [4.69, 9.17) is 0 Å². The van der Waals surface area contributed by atoms with Gasteiger partial charge in [-0.3, -0.25) is 4.79 Å². The Morgan fingerprint density at radius 1 is 1.36 bits per heavy atom. The molecule has 2 aromatic rings. The van der Waals surface area contributed by atoms with Crippen LogP contribution in [-0.4, -0.2) is 25.4 Å². The van der Waals surface area contributed by atoms with E-state index in [2.05, 4.69) is 15.1 Å². The Morgan fingerprint density at radius 2 is 2.07 bits per heavy atom. The van der Waals surface area contributed by atoms with Crippen molar-refractivity contribution in [2.75, 3.05) is 0 Å². The smallest absolute Gasteiger partial charge is 0.252 e. The molecule has 14 heavy (non-hydrogen) atoms. The van der Waals surface area contributed by atoms with Crippen molar-refractivity contribution in [2.24, 2.45) is 0 Å². The Balaban J connectivity index is 2.76. The van der Waals surface area contributed by atoms with E-state index >= 15 is 0 Å². The van der Waals surface area contributed by atoms with E-state index in [9.17, 15) is 4.79 Å². The first-order valence-electron chi connectivity index (χ1n) is 4.29. The molecule has 2 rings (SSSR count). The molecule has 0 radical (unpaired) electrons. The van der Waals surface area contributed by atoms with Crippen molar-refractivity contribution in [1.82, 2.24) is 19.6 Å². The van der Waals surface area contributed by atoms with Crippen molar-refractivity contribution in [1.29, 1.82) is 0 Å². The molecule has 0 N–H and O–H groups in total. The molecule has 0 bridgehead atoms.